The van der Waals surface area contributed by atoms with Crippen LogP contribution >= 0.6 is 0 Å². The first-order valence-corrected chi connectivity index (χ1v) is 8.28. The zero-order chi connectivity index (χ0) is 27.2. The monoisotopic (exact) mass is 479 g/mol. The number of rotatable bonds is 1. The molecule has 11 N–H and O–H groups in total. The molecule has 1 aliphatic rings. The summed E-state index contributed by atoms with van der Waals surface area (Å²) in [6.07, 6.45) is -4.85. The van der Waals surface area contributed by atoms with Crippen molar-refractivity contribution in [2.45, 2.75) is 65.3 Å². The predicted octanol–water partition coefficient (Wildman–Crippen LogP) is -2.80. The second-order valence-corrected chi connectivity index (χ2v) is 5.40. The fraction of sp³-hybridized carbons (Fsp3) is 0.688. The van der Waals surface area contributed by atoms with Crippen LogP contribution in [0.1, 0.15) is 34.6 Å². The summed E-state index contributed by atoms with van der Waals surface area (Å²) in [6, 6.07) is -1.04. The summed E-state index contributed by atoms with van der Waals surface area (Å²) in [5.74, 6) is -4.17. The molecule has 0 bridgehead atoms. The Kier molecular flexibility index (Phi) is 30.1. The number of nitrogens with two attached hydrogens (primary N) is 1. The van der Waals surface area contributed by atoms with E-state index in [1.165, 1.54) is 0 Å². The third-order valence-corrected chi connectivity index (χ3v) is 1.95. The maximum atomic E-state index is 9.20. The average Bonchev–Trinajstić information content (AvgIpc) is 2.53. The van der Waals surface area contributed by atoms with Crippen LogP contribution in [0.3, 0.4) is 0 Å². The molecule has 0 aliphatic carbocycles. The number of carboxylic acids is 5. The van der Waals surface area contributed by atoms with Gasteiger partial charge in [-0.05, 0) is 0 Å². The molecule has 16 heteroatoms. The Bertz CT molecular complexity index is 445. The van der Waals surface area contributed by atoms with Crippen LogP contribution in [-0.4, -0.2) is 113 Å². The normalized spacial score (nSPS) is 22.4. The minimum Gasteiger partial charge on any atom is -0.481 e. The number of hydrogen-bond donors (Lipinski definition) is 10. The number of hydrogen-bond acceptors (Lipinski definition) is 11. The van der Waals surface area contributed by atoms with Gasteiger partial charge < -0.3 is 56.4 Å². The minimum atomic E-state index is -1.35. The summed E-state index contributed by atoms with van der Waals surface area (Å²) in [6.45, 7) is 4.95. The lowest BCUT2D eigenvalue weighted by molar-refractivity contribution is -0.248. The fourth-order valence-corrected chi connectivity index (χ4v) is 1.12. The maximum absolute atomic E-state index is 9.20. The summed E-state index contributed by atoms with van der Waals surface area (Å²) in [5, 5.41) is 73.1. The second-order valence-electron chi connectivity index (χ2n) is 5.40. The van der Waals surface area contributed by atoms with Gasteiger partial charge in [-0.15, -0.1) is 0 Å². The maximum Gasteiger partial charge on any atom is 0.300 e. The molecule has 1 fully saturated rings. The third kappa shape index (κ3) is 50.6. The minimum absolute atomic E-state index is 0.470. The van der Waals surface area contributed by atoms with Gasteiger partial charge in [-0.25, -0.2) is 0 Å². The van der Waals surface area contributed by atoms with E-state index < -0.39 is 67.1 Å². The molecule has 0 aromatic rings. The Morgan fingerprint density at radius 2 is 0.875 bits per heavy atom. The Morgan fingerprint density at radius 3 is 1.06 bits per heavy atom. The van der Waals surface area contributed by atoms with Crippen molar-refractivity contribution in [3.63, 3.8) is 0 Å². The number of carbonyl (C=O) groups is 5. The molecular weight excluding hydrogens is 446 g/mol. The Balaban J connectivity index is -0.000000102. The Morgan fingerprint density at radius 1 is 0.656 bits per heavy atom. The number of ether oxygens (including phenoxy) is 1. The van der Waals surface area contributed by atoms with Crippen LogP contribution in [0.25, 0.3) is 0 Å². The van der Waals surface area contributed by atoms with Crippen LogP contribution in [0, 0.1) is 0 Å². The summed E-state index contributed by atoms with van der Waals surface area (Å²) < 4.78 is 4.70. The van der Waals surface area contributed by atoms with E-state index >= 15 is 0 Å². The first-order chi connectivity index (χ1) is 14.2. The highest BCUT2D eigenvalue weighted by Gasteiger charge is 2.41. The molecule has 16 nitrogen and oxygen atoms in total. The van der Waals surface area contributed by atoms with Gasteiger partial charge >= 0.3 is 0 Å². The smallest absolute Gasteiger partial charge is 0.300 e. The highest BCUT2D eigenvalue weighted by atomic mass is 16.6. The molecule has 0 radical (unpaired) electrons. The van der Waals surface area contributed by atoms with E-state index in [1.54, 1.807) is 0 Å². The fourth-order valence-electron chi connectivity index (χ4n) is 1.12. The van der Waals surface area contributed by atoms with Crippen molar-refractivity contribution < 1.29 is 74.7 Å². The molecule has 0 aromatic carbocycles. The summed E-state index contributed by atoms with van der Waals surface area (Å²) in [4.78, 5) is 45.0. The summed E-state index contributed by atoms with van der Waals surface area (Å²) >= 11 is 0. The summed E-state index contributed by atoms with van der Waals surface area (Å²) in [5.41, 5.74) is 5.26. The van der Waals surface area contributed by atoms with Gasteiger partial charge in [-0.3, -0.25) is 24.0 Å². The molecule has 1 rings (SSSR count). The molecule has 192 valence electrons. The molecule has 1 saturated heterocycles. The van der Waals surface area contributed by atoms with E-state index in [0.29, 0.717) is 0 Å². The van der Waals surface area contributed by atoms with Crippen molar-refractivity contribution >= 4 is 29.8 Å². The largest absolute Gasteiger partial charge is 0.481 e. The SMILES string of the molecule is CC(=O)O.CC(=O)O.CC(=O)O.CC(=O)O.CC(=O)O.N[C@H]1C(O)O[C@H](CO)[C@@H](O)[C@@H]1O. The van der Waals surface area contributed by atoms with Crippen LogP contribution in [0.15, 0.2) is 0 Å². The molecule has 0 saturated carbocycles. The molecular formula is C16H33NO15. The van der Waals surface area contributed by atoms with Gasteiger partial charge in [0.2, 0.25) is 0 Å². The van der Waals surface area contributed by atoms with Crippen LogP contribution in [0.2, 0.25) is 0 Å². The van der Waals surface area contributed by atoms with Gasteiger partial charge in [0, 0.05) is 34.6 Å². The van der Waals surface area contributed by atoms with Crippen molar-refractivity contribution in [2.24, 2.45) is 5.73 Å². The third-order valence-electron chi connectivity index (χ3n) is 1.95. The number of aliphatic carboxylic acids is 5. The first kappa shape index (κ1) is 39.6. The lowest BCUT2D eigenvalue weighted by Gasteiger charge is -2.38. The van der Waals surface area contributed by atoms with Crippen molar-refractivity contribution in [1.29, 1.82) is 0 Å². The van der Waals surface area contributed by atoms with Crippen LogP contribution < -0.4 is 5.73 Å². The summed E-state index contributed by atoms with van der Waals surface area (Å²) in [7, 11) is 0. The topological polar surface area (TPSA) is 303 Å². The molecule has 1 unspecified atom stereocenters. The van der Waals surface area contributed by atoms with Crippen molar-refractivity contribution in [2.75, 3.05) is 6.61 Å². The van der Waals surface area contributed by atoms with Gasteiger partial charge in [0.15, 0.2) is 6.29 Å². The average molecular weight is 479 g/mol. The molecule has 5 atom stereocenters. The van der Waals surface area contributed by atoms with Gasteiger partial charge in [-0.2, -0.15) is 0 Å². The molecule has 1 aliphatic heterocycles. The van der Waals surface area contributed by atoms with Crippen molar-refractivity contribution in [3.8, 4) is 0 Å². The molecule has 0 spiro atoms. The molecule has 0 aromatic heterocycles. The van der Waals surface area contributed by atoms with Gasteiger partial charge in [-0.1, -0.05) is 0 Å². The lowest BCUT2D eigenvalue weighted by atomic mass is 9.98. The van der Waals surface area contributed by atoms with Crippen LogP contribution in [0.5, 0.6) is 0 Å². The first-order valence-electron chi connectivity index (χ1n) is 8.28. The van der Waals surface area contributed by atoms with E-state index in [1.807, 2.05) is 0 Å². The lowest BCUT2D eigenvalue weighted by Crippen LogP contribution is -2.61. The second kappa shape index (κ2) is 24.4. The van der Waals surface area contributed by atoms with Gasteiger partial charge in [0.25, 0.3) is 29.8 Å². The highest BCUT2D eigenvalue weighted by molar-refractivity contribution is 5.63. The van der Waals surface area contributed by atoms with E-state index in [0.717, 1.165) is 34.6 Å². The van der Waals surface area contributed by atoms with E-state index in [2.05, 4.69) is 0 Å². The zero-order valence-corrected chi connectivity index (χ0v) is 18.1. The standard InChI is InChI=1S/C6H13NO5.5C2H4O2/c7-3-5(10)4(9)2(1-8)12-6(3)11;5*1-2(3)4/h2-6,8-11H,1,7H2;5*1H3,(H,3,4)/t2-,3-,4-,5-,6?;;;;;/m1...../s1. The quantitative estimate of drug-likeness (QED) is 0.181. The van der Waals surface area contributed by atoms with Gasteiger partial charge in [0.1, 0.15) is 18.3 Å². The van der Waals surface area contributed by atoms with Crippen molar-refractivity contribution in [3.05, 3.63) is 0 Å². The number of carboxylic acid groups (broad SMARTS) is 5. The van der Waals surface area contributed by atoms with Crippen LogP contribution in [-0.2, 0) is 28.7 Å². The molecule has 32 heavy (non-hydrogen) atoms. The van der Waals surface area contributed by atoms with E-state index in [-0.39, 0.29) is 0 Å². The van der Waals surface area contributed by atoms with E-state index in [9.17, 15) is 10.2 Å². The Hall–Kier alpha value is -2.89. The van der Waals surface area contributed by atoms with Crippen molar-refractivity contribution in [1.82, 2.24) is 0 Å². The van der Waals surface area contributed by atoms with Crippen LogP contribution in [0.4, 0.5) is 0 Å². The zero-order valence-electron chi connectivity index (χ0n) is 18.1. The Labute approximate surface area is 183 Å². The van der Waals surface area contributed by atoms with E-state index in [4.69, 9.17) is 70.2 Å². The molecule has 1 heterocycles. The highest BCUT2D eigenvalue weighted by Crippen LogP contribution is 2.17. The number of aliphatic hydroxyl groups excluding tert-OH is 4. The molecule has 0 amide bonds. The van der Waals surface area contributed by atoms with Gasteiger partial charge in [0.05, 0.1) is 12.6 Å². The number of aliphatic hydroxyl groups is 4. The predicted molar refractivity (Wildman–Crippen MR) is 105 cm³/mol.